The number of hydrogen-bond donors (Lipinski definition) is 3. The van der Waals surface area contributed by atoms with E-state index in [0.717, 1.165) is 112 Å². The molecule has 2 saturated heterocycles. The predicted molar refractivity (Wildman–Crippen MR) is 363 cm³/mol. The number of aryl methyl sites for hydroxylation is 2. The predicted octanol–water partition coefficient (Wildman–Crippen LogP) is 10.5. The van der Waals surface area contributed by atoms with Gasteiger partial charge in [-0.05, 0) is 202 Å². The molecule has 4 aliphatic rings. The lowest BCUT2D eigenvalue weighted by Gasteiger charge is -2.41. The normalized spacial score (nSPS) is 20.4. The van der Waals surface area contributed by atoms with Gasteiger partial charge < -0.3 is 48.9 Å². The van der Waals surface area contributed by atoms with E-state index in [0.29, 0.717) is 114 Å². The summed E-state index contributed by atoms with van der Waals surface area (Å²) in [5.74, 6) is 1.31. The minimum Gasteiger partial charge on any atom is -0.484 e. The van der Waals surface area contributed by atoms with E-state index in [-0.39, 0.29) is 84.6 Å². The largest absolute Gasteiger partial charge is 0.484 e. The number of amides is 2. The first-order valence-corrected chi connectivity index (χ1v) is 37.1. The fourth-order valence-electron chi connectivity index (χ4n) is 12.8. The van der Waals surface area contributed by atoms with Crippen LogP contribution in [0.1, 0.15) is 116 Å². The van der Waals surface area contributed by atoms with Gasteiger partial charge >= 0.3 is 6.03 Å². The second kappa shape index (κ2) is 35.9. The molecule has 25 heteroatoms. The Balaban J connectivity index is 0.599. The Labute approximate surface area is 566 Å². The summed E-state index contributed by atoms with van der Waals surface area (Å²) >= 11 is 26.5. The molecule has 2 fully saturated rings. The Bertz CT molecular complexity index is 3100. The van der Waals surface area contributed by atoms with Gasteiger partial charge in [-0.15, -0.1) is 0 Å². The monoisotopic (exact) mass is 1390 g/mol. The van der Waals surface area contributed by atoms with Crippen molar-refractivity contribution in [1.82, 2.24) is 35.0 Å². The second-order valence-electron chi connectivity index (χ2n) is 25.0. The van der Waals surface area contributed by atoms with Gasteiger partial charge in [-0.2, -0.15) is 0 Å². The number of nitrogens with zero attached hydrogens (tertiary/aromatic N) is 4. The average molecular weight is 1400 g/mol. The number of carbonyl (C=O) groups is 2. The maximum Gasteiger partial charge on any atom is 0.314 e. The lowest BCUT2D eigenvalue weighted by atomic mass is 10.0. The number of likely N-dealkylation sites (N-methyl/N-ethyl adjacent to an activating group) is 2. The Morgan fingerprint density at radius 1 is 0.554 bits per heavy atom. The van der Waals surface area contributed by atoms with Gasteiger partial charge in [0.15, 0.2) is 9.84 Å². The number of hydrogen-bond acceptors (Lipinski definition) is 16. The molecule has 0 saturated carbocycles. The number of likely N-dealkylation sites (tertiary alicyclic amines) is 2. The molecule has 19 nitrogen and oxygen atoms in total. The zero-order valence-electron chi connectivity index (χ0n) is 54.3. The van der Waals surface area contributed by atoms with Crippen LogP contribution >= 0.6 is 46.4 Å². The third-order valence-corrected chi connectivity index (χ3v) is 22.3. The van der Waals surface area contributed by atoms with Crippen LogP contribution in [0.3, 0.4) is 0 Å². The van der Waals surface area contributed by atoms with Gasteiger partial charge in [-0.3, -0.25) is 14.6 Å². The third-order valence-electron chi connectivity index (χ3n) is 17.9. The van der Waals surface area contributed by atoms with Crippen molar-refractivity contribution in [2.24, 2.45) is 0 Å². The number of rotatable bonds is 37. The molecule has 0 spiro atoms. The van der Waals surface area contributed by atoms with Crippen LogP contribution in [0.5, 0.6) is 11.5 Å². The second-order valence-corrected chi connectivity index (χ2v) is 30.6. The van der Waals surface area contributed by atoms with Crippen molar-refractivity contribution in [2.75, 3.05) is 133 Å². The fourth-order valence-corrected chi connectivity index (χ4v) is 16.4. The molecule has 2 aliphatic heterocycles. The number of sulfone groups is 1. The number of benzene rings is 4. The Morgan fingerprint density at radius 2 is 1.03 bits per heavy atom. The maximum atomic E-state index is 13.4. The van der Waals surface area contributed by atoms with Gasteiger partial charge in [0.2, 0.25) is 10.0 Å². The van der Waals surface area contributed by atoms with Crippen LogP contribution in [-0.4, -0.2) is 205 Å². The van der Waals surface area contributed by atoms with Crippen molar-refractivity contribution >= 4 is 78.1 Å². The number of carbonyl (C=O) groups excluding carboxylic acids is 2. The molecule has 6 atom stereocenters. The van der Waals surface area contributed by atoms with Gasteiger partial charge in [0.1, 0.15) is 29.5 Å². The number of unbranched alkanes of at least 4 members (excludes halogenated alkanes) is 2. The first-order chi connectivity index (χ1) is 44.1. The number of urea groups is 1. The van der Waals surface area contributed by atoms with E-state index in [2.05, 4.69) is 63.1 Å². The molecule has 2 amide bonds. The van der Waals surface area contributed by atoms with Gasteiger partial charge in [-0.1, -0.05) is 52.8 Å². The summed E-state index contributed by atoms with van der Waals surface area (Å²) in [6, 6.07) is 18.1. The van der Waals surface area contributed by atoms with Crippen LogP contribution in [0, 0.1) is 13.8 Å². The Kier molecular flexibility index (Phi) is 28.9. The van der Waals surface area contributed by atoms with E-state index in [1.807, 2.05) is 26.0 Å². The minimum absolute atomic E-state index is 0.0487. The van der Waals surface area contributed by atoms with E-state index in [1.165, 1.54) is 0 Å². The number of Topliss-reactive ketones (excluding diaryl/α,β-unsaturated/α-hetero) is 1. The zero-order chi connectivity index (χ0) is 66.0. The molecular formula is C67H95Cl4N7O12S2. The van der Waals surface area contributed by atoms with E-state index >= 15 is 0 Å². The van der Waals surface area contributed by atoms with Gasteiger partial charge in [0.05, 0.1) is 67.3 Å². The highest BCUT2D eigenvalue weighted by Crippen LogP contribution is 2.46. The van der Waals surface area contributed by atoms with E-state index < -0.39 is 19.9 Å². The molecule has 3 N–H and O–H groups in total. The smallest absolute Gasteiger partial charge is 0.314 e. The summed E-state index contributed by atoms with van der Waals surface area (Å²) in [4.78, 5) is 34.6. The van der Waals surface area contributed by atoms with E-state index in [9.17, 15) is 26.4 Å². The molecule has 92 heavy (non-hydrogen) atoms. The van der Waals surface area contributed by atoms with Crippen molar-refractivity contribution in [2.45, 2.75) is 143 Å². The number of piperidine rings is 2. The lowest BCUT2D eigenvalue weighted by molar-refractivity contribution is -0.119. The van der Waals surface area contributed by atoms with Crippen LogP contribution in [0.15, 0.2) is 70.5 Å². The molecule has 510 valence electrons. The fraction of sp³-hybridized carbons (Fsp3) is 0.612. The quantitative estimate of drug-likeness (QED) is 0.0359. The summed E-state index contributed by atoms with van der Waals surface area (Å²) in [5, 5.41) is 7.96. The number of ketones is 1. The molecule has 4 aromatic carbocycles. The standard InChI is InChI=1S/C67H95Cl4N7O12S2/c1-46-36-53(18-20-63(46)89-65-57-38-48(68)40-59(70)55(57)42-61(65)77-25-10-14-50(44-77)75(3)4)91(81,82)35-13-28-86-32-33-87-29-23-73-67(80)72-22-9-7-8-16-52(79)17-12-27-85-31-34-88-30-24-74-92(83,84)54-19-21-64(47(2)37-54)90-66-58-39-49(69)41-60(71)56(58)43-62(66)78-26-11-15-51(45-78)76(5)6/h18-21,36-41,50-51,61-62,65-66,74H,7-17,22-35,42-45H2,1-6H3,(H2,72,73,80)/t50-,51-,61+,62+,65+,66+/m1/s1. The van der Waals surface area contributed by atoms with Gasteiger partial charge in [-0.25, -0.2) is 26.4 Å². The maximum absolute atomic E-state index is 13.4. The summed E-state index contributed by atoms with van der Waals surface area (Å²) in [7, 11) is 1.08. The Hall–Kier alpha value is -3.88. The number of nitrogens with one attached hydrogen (secondary N) is 3. The molecular weight excluding hydrogens is 1300 g/mol. The average Bonchev–Trinajstić information content (AvgIpc) is 1.62. The minimum atomic E-state index is -3.82. The highest BCUT2D eigenvalue weighted by molar-refractivity contribution is 7.91. The van der Waals surface area contributed by atoms with Crippen LogP contribution in [0.2, 0.25) is 20.1 Å². The number of ether oxygens (including phenoxy) is 6. The van der Waals surface area contributed by atoms with Crippen molar-refractivity contribution in [1.29, 1.82) is 0 Å². The molecule has 2 heterocycles. The number of halogens is 4. The first kappa shape index (κ1) is 73.9. The molecule has 4 aromatic rings. The van der Waals surface area contributed by atoms with Crippen molar-refractivity contribution in [3.63, 3.8) is 0 Å². The SMILES string of the molecule is Cc1cc(S(=O)(=O)CCCOCCOCCNC(=O)NCCCCCC(=O)CCCOCCOCCNS(=O)(=O)c2ccc(O[C@H]3c4cc(Cl)cc(Cl)c4C[C@@H]3N3CCC[C@@H](N(C)C)C3)c(C)c2)ccc1O[C@H]1c2cc(Cl)cc(Cl)c2C[C@@H]1N1CCC[C@@H](N(C)C)C1. The summed E-state index contributed by atoms with van der Waals surface area (Å²) in [6.45, 7) is 10.7. The Morgan fingerprint density at radius 3 is 1.57 bits per heavy atom. The summed E-state index contributed by atoms with van der Waals surface area (Å²) in [6.07, 6.45) is 9.36. The van der Waals surface area contributed by atoms with Crippen molar-refractivity contribution in [3.05, 3.63) is 114 Å². The van der Waals surface area contributed by atoms with Crippen LogP contribution in [0.25, 0.3) is 0 Å². The van der Waals surface area contributed by atoms with Crippen LogP contribution in [0.4, 0.5) is 4.79 Å². The highest BCUT2D eigenvalue weighted by Gasteiger charge is 2.43. The van der Waals surface area contributed by atoms with Crippen molar-refractivity contribution in [3.8, 4) is 11.5 Å². The third kappa shape index (κ3) is 21.3. The molecule has 0 unspecified atom stereocenters. The summed E-state index contributed by atoms with van der Waals surface area (Å²) in [5.41, 5.74) is 5.44. The van der Waals surface area contributed by atoms with Gasteiger partial charge in [0.25, 0.3) is 0 Å². The highest BCUT2D eigenvalue weighted by atomic mass is 35.5. The molecule has 0 aromatic heterocycles. The summed E-state index contributed by atoms with van der Waals surface area (Å²) < 4.78 is 92.0. The van der Waals surface area contributed by atoms with E-state index in [4.69, 9.17) is 74.8 Å². The van der Waals surface area contributed by atoms with Crippen molar-refractivity contribution < 1.29 is 54.8 Å². The number of sulfonamides is 1. The lowest BCUT2D eigenvalue weighted by Crippen LogP contribution is -2.51. The molecule has 0 radical (unpaired) electrons. The van der Waals surface area contributed by atoms with Crippen LogP contribution in [-0.2, 0) is 56.4 Å². The van der Waals surface area contributed by atoms with Gasteiger partial charge in [0, 0.05) is 102 Å². The van der Waals surface area contributed by atoms with E-state index in [1.54, 1.807) is 48.5 Å². The topological polar surface area (TPSA) is 207 Å². The first-order valence-electron chi connectivity index (χ1n) is 32.5. The number of fused-ring (bicyclic) bond motifs is 2. The molecule has 0 bridgehead atoms. The molecule has 8 rings (SSSR count). The van der Waals surface area contributed by atoms with Crippen LogP contribution < -0.4 is 24.8 Å². The molecule has 2 aliphatic carbocycles. The zero-order valence-corrected chi connectivity index (χ0v) is 58.9.